The first kappa shape index (κ1) is 22.9. The van der Waals surface area contributed by atoms with Crippen LogP contribution in [0.2, 0.25) is 5.02 Å². The number of nitrogens with two attached hydrogens (primary N) is 1. The Morgan fingerprint density at radius 3 is 2.61 bits per heavy atom. The van der Waals surface area contributed by atoms with E-state index in [0.29, 0.717) is 29.1 Å². The Hall–Kier alpha value is -2.79. The molecule has 2 amide bonds. The van der Waals surface area contributed by atoms with Crippen LogP contribution in [-0.4, -0.2) is 34.5 Å². The monoisotopic (exact) mass is 445 g/mol. The SMILES string of the molecule is CC1(C#N)CC(N2C(=O)C[C@@](C)(c3cccc(N)c3Cl)N/C2=N\C(=O)OC(C)(C)C)C1. The highest BCUT2D eigenvalue weighted by molar-refractivity contribution is 6.34. The normalized spacial score (nSPS) is 29.7. The largest absolute Gasteiger partial charge is 0.442 e. The third-order valence-electron chi connectivity index (χ3n) is 5.61. The van der Waals surface area contributed by atoms with E-state index in [2.05, 4.69) is 16.4 Å². The van der Waals surface area contributed by atoms with Crippen LogP contribution in [0.5, 0.6) is 0 Å². The summed E-state index contributed by atoms with van der Waals surface area (Å²) in [7, 11) is 0. The maximum absolute atomic E-state index is 13.3. The molecule has 31 heavy (non-hydrogen) atoms. The Kier molecular flexibility index (Phi) is 5.70. The standard InChI is InChI=1S/C22H28ClN5O3/c1-20(2,3)31-19(30)26-18-27-22(5,14-7-6-8-15(25)17(14)23)11-16(29)28(18)13-9-21(4,10-13)12-24/h6-8,13H,9-11,25H2,1-5H3,(H,26,27,30)/t13?,21?,22-/m0/s1. The lowest BCUT2D eigenvalue weighted by atomic mass is 9.67. The van der Waals surface area contributed by atoms with Crippen molar-refractivity contribution in [2.75, 3.05) is 5.73 Å². The van der Waals surface area contributed by atoms with Gasteiger partial charge in [-0.1, -0.05) is 23.7 Å². The molecule has 0 aromatic heterocycles. The Balaban J connectivity index is 1.99. The molecule has 1 saturated heterocycles. The second kappa shape index (κ2) is 7.72. The number of carbonyl (C=O) groups is 2. The van der Waals surface area contributed by atoms with Crippen molar-refractivity contribution in [2.45, 2.75) is 71.1 Å². The highest BCUT2D eigenvalue weighted by Crippen LogP contribution is 2.45. The van der Waals surface area contributed by atoms with Crippen molar-refractivity contribution in [1.29, 1.82) is 5.26 Å². The number of nitrogen functional groups attached to an aromatic ring is 1. The number of nitrogens with one attached hydrogen (secondary N) is 1. The predicted molar refractivity (Wildman–Crippen MR) is 118 cm³/mol. The van der Waals surface area contributed by atoms with E-state index in [4.69, 9.17) is 22.1 Å². The number of guanidine groups is 1. The van der Waals surface area contributed by atoms with Gasteiger partial charge in [0.2, 0.25) is 11.9 Å². The Bertz CT molecular complexity index is 988. The average molecular weight is 446 g/mol. The molecule has 0 radical (unpaired) electrons. The van der Waals surface area contributed by atoms with Crippen LogP contribution in [0.25, 0.3) is 0 Å². The fourth-order valence-corrected chi connectivity index (χ4v) is 4.41. The second-order valence-electron chi connectivity index (χ2n) is 9.76. The summed E-state index contributed by atoms with van der Waals surface area (Å²) in [5, 5.41) is 12.9. The van der Waals surface area contributed by atoms with Crippen molar-refractivity contribution in [3.63, 3.8) is 0 Å². The van der Waals surface area contributed by atoms with Gasteiger partial charge in [0.15, 0.2) is 0 Å². The molecule has 9 heteroatoms. The van der Waals surface area contributed by atoms with E-state index in [1.165, 1.54) is 4.90 Å². The number of halogens is 1. The van der Waals surface area contributed by atoms with Crippen molar-refractivity contribution < 1.29 is 14.3 Å². The first-order valence-corrected chi connectivity index (χ1v) is 10.5. The maximum atomic E-state index is 13.3. The van der Waals surface area contributed by atoms with Gasteiger partial charge in [-0.2, -0.15) is 5.26 Å². The summed E-state index contributed by atoms with van der Waals surface area (Å²) < 4.78 is 5.33. The van der Waals surface area contributed by atoms with Crippen LogP contribution in [0.15, 0.2) is 23.2 Å². The van der Waals surface area contributed by atoms with Crippen LogP contribution in [0, 0.1) is 16.7 Å². The summed E-state index contributed by atoms with van der Waals surface area (Å²) >= 11 is 6.44. The van der Waals surface area contributed by atoms with Gasteiger partial charge in [-0.3, -0.25) is 9.69 Å². The number of carbonyl (C=O) groups excluding carboxylic acids is 2. The lowest BCUT2D eigenvalue weighted by molar-refractivity contribution is -0.135. The Morgan fingerprint density at radius 1 is 1.39 bits per heavy atom. The van der Waals surface area contributed by atoms with Crippen molar-refractivity contribution >= 4 is 35.2 Å². The Morgan fingerprint density at radius 2 is 2.03 bits per heavy atom. The number of anilines is 1. The number of hydrogen-bond donors (Lipinski definition) is 2. The van der Waals surface area contributed by atoms with Crippen LogP contribution >= 0.6 is 11.6 Å². The summed E-state index contributed by atoms with van der Waals surface area (Å²) in [5.41, 5.74) is 4.83. The molecule has 3 N–H and O–H groups in total. The van der Waals surface area contributed by atoms with Crippen molar-refractivity contribution in [1.82, 2.24) is 10.2 Å². The van der Waals surface area contributed by atoms with E-state index in [-0.39, 0.29) is 24.3 Å². The van der Waals surface area contributed by atoms with Crippen LogP contribution < -0.4 is 11.1 Å². The molecule has 0 spiro atoms. The minimum absolute atomic E-state index is 0.0866. The van der Waals surface area contributed by atoms with Gasteiger partial charge in [0, 0.05) is 6.04 Å². The van der Waals surface area contributed by atoms with E-state index in [0.717, 1.165) is 0 Å². The van der Waals surface area contributed by atoms with Crippen molar-refractivity contribution in [3.05, 3.63) is 28.8 Å². The molecule has 1 aromatic carbocycles. The lowest BCUT2D eigenvalue weighted by Gasteiger charge is -2.50. The molecule has 1 aromatic rings. The molecular formula is C22H28ClN5O3. The third kappa shape index (κ3) is 4.62. The zero-order valence-corrected chi connectivity index (χ0v) is 19.2. The van der Waals surface area contributed by atoms with E-state index in [1.54, 1.807) is 39.0 Å². The molecule has 0 bridgehead atoms. The molecule has 3 rings (SSSR count). The first-order chi connectivity index (χ1) is 14.3. The fourth-order valence-electron chi connectivity index (χ4n) is 4.08. The highest BCUT2D eigenvalue weighted by Gasteiger charge is 2.50. The zero-order chi connectivity index (χ0) is 23.2. The molecule has 1 heterocycles. The van der Waals surface area contributed by atoms with Crippen molar-refractivity contribution in [3.8, 4) is 6.07 Å². The molecule has 1 aliphatic carbocycles. The average Bonchev–Trinajstić information content (AvgIpc) is 2.59. The first-order valence-electron chi connectivity index (χ1n) is 10.1. The van der Waals surface area contributed by atoms with E-state index in [9.17, 15) is 14.9 Å². The fraction of sp³-hybridized carbons (Fsp3) is 0.545. The van der Waals surface area contributed by atoms with E-state index >= 15 is 0 Å². The zero-order valence-electron chi connectivity index (χ0n) is 18.5. The second-order valence-corrected chi connectivity index (χ2v) is 10.1. The topological polar surface area (TPSA) is 121 Å². The van der Waals surface area contributed by atoms with Gasteiger partial charge in [0.25, 0.3) is 0 Å². The van der Waals surface area contributed by atoms with Gasteiger partial charge in [-0.05, 0) is 59.1 Å². The van der Waals surface area contributed by atoms with Crippen LogP contribution in [-0.2, 0) is 15.1 Å². The molecule has 1 atom stereocenters. The molecule has 1 aliphatic heterocycles. The predicted octanol–water partition coefficient (Wildman–Crippen LogP) is 3.94. The number of hydrogen-bond acceptors (Lipinski definition) is 5. The van der Waals surface area contributed by atoms with Gasteiger partial charge in [-0.25, -0.2) is 4.79 Å². The molecule has 1 saturated carbocycles. The summed E-state index contributed by atoms with van der Waals surface area (Å²) in [6, 6.07) is 7.28. The molecule has 0 unspecified atom stereocenters. The number of benzene rings is 1. The van der Waals surface area contributed by atoms with Crippen LogP contribution in [0.1, 0.15) is 59.4 Å². The summed E-state index contributed by atoms with van der Waals surface area (Å²) in [4.78, 5) is 31.3. The van der Waals surface area contributed by atoms with Gasteiger partial charge in [0.05, 0.1) is 34.2 Å². The Labute approximate surface area is 187 Å². The number of aliphatic imine (C=N–C) groups is 1. The maximum Gasteiger partial charge on any atom is 0.437 e. The third-order valence-corrected chi connectivity index (χ3v) is 6.03. The highest BCUT2D eigenvalue weighted by atomic mass is 35.5. The molecule has 2 aliphatic rings. The number of amides is 2. The van der Waals surface area contributed by atoms with E-state index < -0.39 is 22.6 Å². The van der Waals surface area contributed by atoms with Gasteiger partial charge < -0.3 is 15.8 Å². The summed E-state index contributed by atoms with van der Waals surface area (Å²) in [6.07, 6.45) is 0.279. The summed E-state index contributed by atoms with van der Waals surface area (Å²) in [5.74, 6) is -0.122. The van der Waals surface area contributed by atoms with Gasteiger partial charge in [0.1, 0.15) is 5.60 Å². The number of rotatable bonds is 2. The minimum atomic E-state index is -0.927. The number of nitriles is 1. The molecule has 2 fully saturated rings. The van der Waals surface area contributed by atoms with Crippen LogP contribution in [0.4, 0.5) is 10.5 Å². The van der Waals surface area contributed by atoms with Crippen molar-refractivity contribution in [2.24, 2.45) is 10.4 Å². The minimum Gasteiger partial charge on any atom is -0.442 e. The van der Waals surface area contributed by atoms with Gasteiger partial charge >= 0.3 is 6.09 Å². The van der Waals surface area contributed by atoms with Gasteiger partial charge in [-0.15, -0.1) is 4.99 Å². The quantitative estimate of drug-likeness (QED) is 0.665. The number of nitrogens with zero attached hydrogens (tertiary/aromatic N) is 3. The summed E-state index contributed by atoms with van der Waals surface area (Å²) in [6.45, 7) is 8.88. The molecule has 166 valence electrons. The molecule has 8 nitrogen and oxygen atoms in total. The molecular weight excluding hydrogens is 418 g/mol. The lowest BCUT2D eigenvalue weighted by Crippen LogP contribution is -2.65. The van der Waals surface area contributed by atoms with Crippen LogP contribution in [0.3, 0.4) is 0 Å². The smallest absolute Gasteiger partial charge is 0.437 e. The number of ether oxygens (including phenoxy) is 1. The van der Waals surface area contributed by atoms with E-state index in [1.807, 2.05) is 13.8 Å².